The van der Waals surface area contributed by atoms with Gasteiger partial charge in [-0.05, 0) is 70.2 Å². The first kappa shape index (κ1) is 21.0. The van der Waals surface area contributed by atoms with Gasteiger partial charge in [-0.3, -0.25) is 29.7 Å². The summed E-state index contributed by atoms with van der Waals surface area (Å²) in [7, 11) is 4.10. The van der Waals surface area contributed by atoms with Gasteiger partial charge in [-0.25, -0.2) is 0 Å². The first-order valence-corrected chi connectivity index (χ1v) is 10.5. The zero-order valence-corrected chi connectivity index (χ0v) is 19.1. The molecule has 3 aromatic rings. The van der Waals surface area contributed by atoms with Gasteiger partial charge in [0.15, 0.2) is 0 Å². The molecular weight excluding hydrogens is 484 g/mol. The lowest BCUT2D eigenvalue weighted by Crippen LogP contribution is -2.21. The van der Waals surface area contributed by atoms with Gasteiger partial charge in [-0.2, -0.15) is 0 Å². The van der Waals surface area contributed by atoms with E-state index in [0.29, 0.717) is 13.1 Å². The second-order valence-corrected chi connectivity index (χ2v) is 8.42. The van der Waals surface area contributed by atoms with E-state index < -0.39 is 0 Å². The van der Waals surface area contributed by atoms with Crippen LogP contribution in [-0.2, 0) is 26.2 Å². The molecule has 0 aliphatic heterocycles. The molecule has 0 aliphatic carbocycles. The maximum absolute atomic E-state index is 4.57. The summed E-state index contributed by atoms with van der Waals surface area (Å²) in [5.74, 6) is 0. The average Bonchev–Trinajstić information content (AvgIpc) is 2.67. The number of aromatic nitrogens is 4. The molecular formula is C20H22Br2N6. The molecule has 0 aromatic carbocycles. The Bertz CT molecular complexity index is 829. The van der Waals surface area contributed by atoms with E-state index in [-0.39, 0.29) is 0 Å². The highest BCUT2D eigenvalue weighted by Gasteiger charge is 2.09. The highest BCUT2D eigenvalue weighted by Crippen LogP contribution is 2.16. The molecule has 0 bridgehead atoms. The Morgan fingerprint density at radius 3 is 1.46 bits per heavy atom. The van der Waals surface area contributed by atoms with Crippen LogP contribution in [0.1, 0.15) is 22.8 Å². The molecule has 8 heteroatoms. The Morgan fingerprint density at radius 2 is 1.11 bits per heavy atom. The summed E-state index contributed by atoms with van der Waals surface area (Å²) in [6, 6.07) is 7.85. The van der Waals surface area contributed by atoms with Crippen molar-refractivity contribution in [2.24, 2.45) is 0 Å². The Hall–Kier alpha value is -1.74. The monoisotopic (exact) mass is 504 g/mol. The average molecular weight is 506 g/mol. The second kappa shape index (κ2) is 10.2. The number of halogens is 2. The van der Waals surface area contributed by atoms with Crippen LogP contribution < -0.4 is 0 Å². The third-order valence-corrected chi connectivity index (χ3v) is 5.58. The molecule has 28 heavy (non-hydrogen) atoms. The highest BCUT2D eigenvalue weighted by atomic mass is 79.9. The summed E-state index contributed by atoms with van der Waals surface area (Å²) in [5.41, 5.74) is 3.90. The molecule has 3 heterocycles. The van der Waals surface area contributed by atoms with E-state index in [1.807, 2.05) is 49.1 Å². The summed E-state index contributed by atoms with van der Waals surface area (Å²) in [5, 5.41) is 0. The molecule has 0 unspecified atom stereocenters. The molecule has 3 rings (SSSR count). The normalized spacial score (nSPS) is 11.4. The van der Waals surface area contributed by atoms with Crippen LogP contribution in [0.5, 0.6) is 0 Å². The molecule has 0 atom stereocenters. The minimum absolute atomic E-state index is 0.715. The third kappa shape index (κ3) is 6.13. The van der Waals surface area contributed by atoms with Crippen LogP contribution in [0.2, 0.25) is 0 Å². The first-order valence-electron chi connectivity index (χ1n) is 8.87. The van der Waals surface area contributed by atoms with Crippen molar-refractivity contribution in [3.05, 3.63) is 80.8 Å². The topological polar surface area (TPSA) is 58.0 Å². The molecule has 0 saturated heterocycles. The number of rotatable bonds is 8. The van der Waals surface area contributed by atoms with Crippen LogP contribution in [-0.4, -0.2) is 43.8 Å². The molecule has 0 aliphatic rings. The van der Waals surface area contributed by atoms with Gasteiger partial charge in [0.25, 0.3) is 0 Å². The van der Waals surface area contributed by atoms with Gasteiger partial charge < -0.3 is 0 Å². The van der Waals surface area contributed by atoms with Crippen LogP contribution >= 0.6 is 31.9 Å². The van der Waals surface area contributed by atoms with E-state index in [1.54, 1.807) is 0 Å². The minimum atomic E-state index is 0.715. The smallest absolute Gasteiger partial charge is 0.0727 e. The molecule has 0 radical (unpaired) electrons. The summed E-state index contributed by atoms with van der Waals surface area (Å²) in [6.45, 7) is 2.92. The van der Waals surface area contributed by atoms with Crippen molar-refractivity contribution >= 4 is 31.9 Å². The lowest BCUT2D eigenvalue weighted by molar-refractivity contribution is 0.304. The van der Waals surface area contributed by atoms with Gasteiger partial charge in [0.05, 0.1) is 35.2 Å². The molecule has 6 nitrogen and oxygen atoms in total. The van der Waals surface area contributed by atoms with Crippen molar-refractivity contribution in [2.45, 2.75) is 26.2 Å². The molecule has 0 spiro atoms. The van der Waals surface area contributed by atoms with Crippen LogP contribution in [0.25, 0.3) is 0 Å². The Kier molecular flexibility index (Phi) is 7.61. The summed E-state index contributed by atoms with van der Waals surface area (Å²) in [6.07, 6.45) is 7.32. The van der Waals surface area contributed by atoms with E-state index in [0.717, 1.165) is 44.8 Å². The third-order valence-electron chi connectivity index (χ3n) is 4.13. The fourth-order valence-corrected chi connectivity index (χ4v) is 3.55. The van der Waals surface area contributed by atoms with Gasteiger partial charge in [0.1, 0.15) is 0 Å². The standard InChI is InChI=1S/C20H22Br2N6/c1-27(13-19-17(21)5-3-7-23-19)11-15-9-26-16(10-25-15)12-28(2)14-20-18(22)6-4-8-24-20/h3-10H,11-14H2,1-2H3. The summed E-state index contributed by atoms with van der Waals surface area (Å²) >= 11 is 7.08. The van der Waals surface area contributed by atoms with E-state index in [1.165, 1.54) is 0 Å². The van der Waals surface area contributed by atoms with Gasteiger partial charge in [0.2, 0.25) is 0 Å². The van der Waals surface area contributed by atoms with Gasteiger partial charge >= 0.3 is 0 Å². The molecule has 0 fully saturated rings. The fraction of sp³-hybridized carbons (Fsp3) is 0.300. The second-order valence-electron chi connectivity index (χ2n) is 6.71. The van der Waals surface area contributed by atoms with E-state index >= 15 is 0 Å². The van der Waals surface area contributed by atoms with E-state index in [2.05, 4.69) is 75.7 Å². The fourth-order valence-electron chi connectivity index (χ4n) is 2.79. The van der Waals surface area contributed by atoms with Gasteiger partial charge in [-0.1, -0.05) is 0 Å². The summed E-state index contributed by atoms with van der Waals surface area (Å²) in [4.78, 5) is 22.3. The lowest BCUT2D eigenvalue weighted by atomic mass is 10.3. The van der Waals surface area contributed by atoms with Crippen molar-refractivity contribution < 1.29 is 0 Å². The van der Waals surface area contributed by atoms with Gasteiger partial charge in [-0.15, -0.1) is 0 Å². The first-order chi connectivity index (χ1) is 13.5. The zero-order chi connectivity index (χ0) is 19.9. The van der Waals surface area contributed by atoms with Gasteiger partial charge in [0, 0.05) is 47.5 Å². The zero-order valence-electron chi connectivity index (χ0n) is 15.9. The van der Waals surface area contributed by atoms with Crippen molar-refractivity contribution in [2.75, 3.05) is 14.1 Å². The quantitative estimate of drug-likeness (QED) is 0.460. The van der Waals surface area contributed by atoms with Crippen LogP contribution in [0.4, 0.5) is 0 Å². The number of hydrogen-bond acceptors (Lipinski definition) is 6. The Labute approximate surface area is 182 Å². The Morgan fingerprint density at radius 1 is 0.679 bits per heavy atom. The van der Waals surface area contributed by atoms with E-state index in [4.69, 9.17) is 0 Å². The minimum Gasteiger partial charge on any atom is -0.295 e. The maximum atomic E-state index is 4.57. The molecule has 3 aromatic heterocycles. The number of hydrogen-bond donors (Lipinski definition) is 0. The summed E-state index contributed by atoms with van der Waals surface area (Å²) < 4.78 is 2.04. The predicted octanol–water partition coefficient (Wildman–Crippen LogP) is 4.06. The van der Waals surface area contributed by atoms with Crippen molar-refractivity contribution in [3.8, 4) is 0 Å². The molecule has 146 valence electrons. The lowest BCUT2D eigenvalue weighted by Gasteiger charge is -2.18. The van der Waals surface area contributed by atoms with Crippen molar-refractivity contribution in [3.63, 3.8) is 0 Å². The molecule has 0 amide bonds. The maximum Gasteiger partial charge on any atom is 0.0727 e. The van der Waals surface area contributed by atoms with Crippen LogP contribution in [0.3, 0.4) is 0 Å². The van der Waals surface area contributed by atoms with Crippen LogP contribution in [0.15, 0.2) is 58.0 Å². The number of pyridine rings is 2. The molecule has 0 saturated carbocycles. The largest absolute Gasteiger partial charge is 0.295 e. The predicted molar refractivity (Wildman–Crippen MR) is 116 cm³/mol. The van der Waals surface area contributed by atoms with E-state index in [9.17, 15) is 0 Å². The van der Waals surface area contributed by atoms with Crippen LogP contribution in [0, 0.1) is 0 Å². The highest BCUT2D eigenvalue weighted by molar-refractivity contribution is 9.10. The molecule has 0 N–H and O–H groups in total. The SMILES string of the molecule is CN(Cc1cnc(CN(C)Cc2ncccc2Br)cn1)Cc1ncccc1Br. The van der Waals surface area contributed by atoms with Crippen molar-refractivity contribution in [1.29, 1.82) is 0 Å². The number of nitrogens with zero attached hydrogens (tertiary/aromatic N) is 6. The van der Waals surface area contributed by atoms with Crippen molar-refractivity contribution in [1.82, 2.24) is 29.7 Å². The Balaban J connectivity index is 1.53.